The number of hydrogen-bond donors (Lipinski definition) is 0. The van der Waals surface area contributed by atoms with Crippen molar-refractivity contribution >= 4 is 15.9 Å². The zero-order valence-electron chi connectivity index (χ0n) is 14.2. The third-order valence-corrected chi connectivity index (χ3v) is 5.94. The molecule has 0 bridgehead atoms. The first-order valence-electron chi connectivity index (χ1n) is 8.22. The zero-order valence-corrected chi connectivity index (χ0v) is 15.0. The lowest BCUT2D eigenvalue weighted by Crippen LogP contribution is -2.39. The van der Waals surface area contributed by atoms with E-state index in [0.29, 0.717) is 18.0 Å². The zero-order chi connectivity index (χ0) is 19.4. The van der Waals surface area contributed by atoms with Crippen molar-refractivity contribution in [1.29, 1.82) is 0 Å². The molecule has 0 N–H and O–H groups in total. The SMILES string of the molecule is C=CCN(CC(F)(F)F)C(=O)c1cccc(S(=O)(=O)N2CCCCC2)c1. The fraction of sp³-hybridized carbons (Fsp3) is 0.471. The number of piperidine rings is 1. The molecule has 1 aliphatic heterocycles. The van der Waals surface area contributed by atoms with Crippen LogP contribution in [0.15, 0.2) is 41.8 Å². The van der Waals surface area contributed by atoms with Gasteiger partial charge in [-0.05, 0) is 31.0 Å². The molecule has 1 aliphatic rings. The van der Waals surface area contributed by atoms with Gasteiger partial charge < -0.3 is 4.90 Å². The molecule has 1 amide bonds. The van der Waals surface area contributed by atoms with Crippen molar-refractivity contribution in [2.45, 2.75) is 30.3 Å². The lowest BCUT2D eigenvalue weighted by Gasteiger charge is -2.26. The van der Waals surface area contributed by atoms with Gasteiger partial charge in [-0.2, -0.15) is 17.5 Å². The number of sulfonamides is 1. The fourth-order valence-corrected chi connectivity index (χ4v) is 4.38. The summed E-state index contributed by atoms with van der Waals surface area (Å²) in [4.78, 5) is 12.9. The van der Waals surface area contributed by atoms with E-state index >= 15 is 0 Å². The monoisotopic (exact) mass is 390 g/mol. The molecule has 144 valence electrons. The van der Waals surface area contributed by atoms with Crippen LogP contribution in [0.5, 0.6) is 0 Å². The standard InChI is InChI=1S/C17H21F3N2O3S/c1-2-9-21(13-17(18,19)20)16(23)14-7-6-8-15(12-14)26(24,25)22-10-4-3-5-11-22/h2,6-8,12H,1,3-5,9-11,13H2. The Labute approximate surface area is 151 Å². The van der Waals surface area contributed by atoms with E-state index in [2.05, 4.69) is 6.58 Å². The van der Waals surface area contributed by atoms with Gasteiger partial charge in [0, 0.05) is 25.2 Å². The molecule has 1 fully saturated rings. The van der Waals surface area contributed by atoms with E-state index in [9.17, 15) is 26.4 Å². The Morgan fingerprint density at radius 3 is 2.46 bits per heavy atom. The van der Waals surface area contributed by atoms with Gasteiger partial charge in [0.15, 0.2) is 0 Å². The van der Waals surface area contributed by atoms with Crippen molar-refractivity contribution in [3.8, 4) is 0 Å². The lowest BCUT2D eigenvalue weighted by atomic mass is 10.2. The first-order valence-corrected chi connectivity index (χ1v) is 9.66. The van der Waals surface area contributed by atoms with Gasteiger partial charge in [0.25, 0.3) is 5.91 Å². The van der Waals surface area contributed by atoms with Crippen LogP contribution < -0.4 is 0 Å². The van der Waals surface area contributed by atoms with E-state index in [-0.39, 0.29) is 17.0 Å². The van der Waals surface area contributed by atoms with E-state index < -0.39 is 28.7 Å². The van der Waals surface area contributed by atoms with Crippen LogP contribution in [0.2, 0.25) is 0 Å². The number of rotatable bonds is 6. The lowest BCUT2D eigenvalue weighted by molar-refractivity contribution is -0.139. The van der Waals surface area contributed by atoms with E-state index in [4.69, 9.17) is 0 Å². The number of alkyl halides is 3. The van der Waals surface area contributed by atoms with Gasteiger partial charge in [-0.15, -0.1) is 6.58 Å². The molecule has 9 heteroatoms. The Bertz CT molecular complexity index is 757. The highest BCUT2D eigenvalue weighted by atomic mass is 32.2. The van der Waals surface area contributed by atoms with Gasteiger partial charge in [-0.3, -0.25) is 4.79 Å². The van der Waals surface area contributed by atoms with Crippen LogP contribution in [-0.2, 0) is 10.0 Å². The number of benzene rings is 1. The molecule has 1 aromatic carbocycles. The third-order valence-electron chi connectivity index (χ3n) is 4.04. The highest BCUT2D eigenvalue weighted by Gasteiger charge is 2.33. The number of carbonyl (C=O) groups is 1. The second kappa shape index (κ2) is 8.22. The Balaban J connectivity index is 2.29. The van der Waals surface area contributed by atoms with Crippen LogP contribution >= 0.6 is 0 Å². The minimum Gasteiger partial charge on any atom is -0.326 e. The molecule has 0 unspecified atom stereocenters. The van der Waals surface area contributed by atoms with E-state index in [1.165, 1.54) is 28.6 Å². The summed E-state index contributed by atoms with van der Waals surface area (Å²) >= 11 is 0. The van der Waals surface area contributed by atoms with Crippen LogP contribution in [0, 0.1) is 0 Å². The van der Waals surface area contributed by atoms with Gasteiger partial charge >= 0.3 is 6.18 Å². The predicted octanol–water partition coefficient (Wildman–Crippen LogP) is 3.05. The van der Waals surface area contributed by atoms with Crippen molar-refractivity contribution in [1.82, 2.24) is 9.21 Å². The number of hydrogen-bond acceptors (Lipinski definition) is 3. The van der Waals surface area contributed by atoms with E-state index in [1.807, 2.05) is 0 Å². The maximum atomic E-state index is 12.7. The minimum absolute atomic E-state index is 0.0872. The predicted molar refractivity (Wildman–Crippen MR) is 91.2 cm³/mol. The summed E-state index contributed by atoms with van der Waals surface area (Å²) in [7, 11) is -3.77. The largest absolute Gasteiger partial charge is 0.406 e. The quantitative estimate of drug-likeness (QED) is 0.702. The van der Waals surface area contributed by atoms with Crippen LogP contribution in [0.3, 0.4) is 0 Å². The topological polar surface area (TPSA) is 57.7 Å². The van der Waals surface area contributed by atoms with Crippen molar-refractivity contribution in [3.05, 3.63) is 42.5 Å². The molecular formula is C17H21F3N2O3S. The Hall–Kier alpha value is -1.87. The fourth-order valence-electron chi connectivity index (χ4n) is 2.82. The van der Waals surface area contributed by atoms with Gasteiger partial charge in [0.2, 0.25) is 10.0 Å². The molecule has 0 radical (unpaired) electrons. The normalized spacial score (nSPS) is 16.3. The molecule has 1 aromatic rings. The number of halogens is 3. The summed E-state index contributed by atoms with van der Waals surface area (Å²) < 4.78 is 64.8. The average Bonchev–Trinajstić information content (AvgIpc) is 2.60. The van der Waals surface area contributed by atoms with Gasteiger partial charge in [-0.1, -0.05) is 18.6 Å². The summed E-state index contributed by atoms with van der Waals surface area (Å²) in [5.41, 5.74) is -0.103. The molecule has 0 atom stereocenters. The van der Waals surface area contributed by atoms with Crippen LogP contribution in [0.4, 0.5) is 13.2 Å². The second-order valence-corrected chi connectivity index (χ2v) is 8.02. The molecule has 0 saturated carbocycles. The summed E-state index contributed by atoms with van der Waals surface area (Å²) in [5, 5.41) is 0. The van der Waals surface area contributed by atoms with Crippen molar-refractivity contribution in [2.24, 2.45) is 0 Å². The number of amides is 1. The van der Waals surface area contributed by atoms with Crippen LogP contribution in [0.25, 0.3) is 0 Å². The molecule has 5 nitrogen and oxygen atoms in total. The first-order chi connectivity index (χ1) is 12.1. The van der Waals surface area contributed by atoms with Gasteiger partial charge in [0.05, 0.1) is 4.90 Å². The first kappa shape index (κ1) is 20.4. The maximum Gasteiger partial charge on any atom is 0.406 e. The summed E-state index contributed by atoms with van der Waals surface area (Å²) in [6.45, 7) is 2.44. The van der Waals surface area contributed by atoms with Crippen LogP contribution in [-0.4, -0.2) is 55.9 Å². The van der Waals surface area contributed by atoms with Gasteiger partial charge in [0.1, 0.15) is 6.54 Å². The minimum atomic E-state index is -4.56. The van der Waals surface area contributed by atoms with Crippen molar-refractivity contribution in [2.75, 3.05) is 26.2 Å². The maximum absolute atomic E-state index is 12.7. The number of nitrogens with zero attached hydrogens (tertiary/aromatic N) is 2. The Morgan fingerprint density at radius 1 is 1.23 bits per heavy atom. The second-order valence-electron chi connectivity index (χ2n) is 6.08. The van der Waals surface area contributed by atoms with Crippen LogP contribution in [0.1, 0.15) is 29.6 Å². The Kier molecular flexibility index (Phi) is 6.46. The summed E-state index contributed by atoms with van der Waals surface area (Å²) in [6, 6.07) is 5.16. The van der Waals surface area contributed by atoms with E-state index in [0.717, 1.165) is 25.3 Å². The van der Waals surface area contributed by atoms with E-state index in [1.54, 1.807) is 0 Å². The Morgan fingerprint density at radius 2 is 1.88 bits per heavy atom. The molecule has 0 aromatic heterocycles. The highest BCUT2D eigenvalue weighted by Crippen LogP contribution is 2.23. The molecule has 26 heavy (non-hydrogen) atoms. The van der Waals surface area contributed by atoms with Crippen molar-refractivity contribution in [3.63, 3.8) is 0 Å². The average molecular weight is 390 g/mol. The summed E-state index contributed by atoms with van der Waals surface area (Å²) in [6.07, 6.45) is -0.889. The molecule has 1 heterocycles. The van der Waals surface area contributed by atoms with Gasteiger partial charge in [-0.25, -0.2) is 8.42 Å². The molecular weight excluding hydrogens is 369 g/mol. The molecule has 1 saturated heterocycles. The van der Waals surface area contributed by atoms with Crippen molar-refractivity contribution < 1.29 is 26.4 Å². The molecule has 0 aliphatic carbocycles. The third kappa shape index (κ3) is 5.07. The molecule has 0 spiro atoms. The smallest absolute Gasteiger partial charge is 0.326 e. The summed E-state index contributed by atoms with van der Waals surface area (Å²) in [5.74, 6) is -0.891. The number of carbonyl (C=O) groups excluding carboxylic acids is 1. The molecule has 2 rings (SSSR count). The highest BCUT2D eigenvalue weighted by molar-refractivity contribution is 7.89.